The maximum atomic E-state index is 14.2. The van der Waals surface area contributed by atoms with E-state index in [1.54, 1.807) is 59.6 Å². The molecule has 2 amide bonds. The SMILES string of the molecule is COC(=O)[C@H](Cc1ccc(-c2ccnc(C)c2C)cc1)NC(=O)[C@@H]1Cc2cc3c(cc2CN1C(=O)c1ccccc1)O[C@@H](c1ccc(O)cc1)CO3. The fraction of sp³-hybridized carbons (Fsp3) is 0.238. The molecule has 0 spiro atoms. The number of aromatic hydroxyl groups is 1. The molecule has 0 radical (unpaired) electrons. The first kappa shape index (κ1) is 34.3. The van der Waals surface area contributed by atoms with Gasteiger partial charge in [-0.2, -0.15) is 0 Å². The molecule has 2 N–H and O–H groups in total. The summed E-state index contributed by atoms with van der Waals surface area (Å²) in [6, 6.07) is 27.3. The minimum absolute atomic E-state index is 0.139. The second-order valence-corrected chi connectivity index (χ2v) is 13.1. The number of pyridine rings is 1. The van der Waals surface area contributed by atoms with Crippen molar-refractivity contribution in [2.75, 3.05) is 13.7 Å². The Morgan fingerprint density at radius 1 is 0.942 bits per heavy atom. The van der Waals surface area contributed by atoms with Gasteiger partial charge in [0.05, 0.1) is 7.11 Å². The second kappa shape index (κ2) is 14.6. The van der Waals surface area contributed by atoms with Crippen molar-refractivity contribution < 1.29 is 33.7 Å². The van der Waals surface area contributed by atoms with Crippen LogP contribution in [-0.4, -0.2) is 58.6 Å². The number of ether oxygens (including phenoxy) is 3. The molecule has 0 bridgehead atoms. The summed E-state index contributed by atoms with van der Waals surface area (Å²) in [5, 5.41) is 12.6. The molecule has 0 aliphatic carbocycles. The molecule has 0 unspecified atom stereocenters. The fourth-order valence-electron chi connectivity index (χ4n) is 6.81. The molecule has 3 heterocycles. The maximum Gasteiger partial charge on any atom is 0.328 e. The predicted molar refractivity (Wildman–Crippen MR) is 194 cm³/mol. The van der Waals surface area contributed by atoms with E-state index in [9.17, 15) is 19.5 Å². The lowest BCUT2D eigenvalue weighted by atomic mass is 9.91. The number of carbonyl (C=O) groups excluding carboxylic acids is 3. The van der Waals surface area contributed by atoms with E-state index in [0.717, 1.165) is 44.6 Å². The molecule has 52 heavy (non-hydrogen) atoms. The Morgan fingerprint density at radius 3 is 2.40 bits per heavy atom. The van der Waals surface area contributed by atoms with Crippen LogP contribution in [0.3, 0.4) is 0 Å². The van der Waals surface area contributed by atoms with Crippen LogP contribution in [0.4, 0.5) is 0 Å². The van der Waals surface area contributed by atoms with Gasteiger partial charge in [0.2, 0.25) is 5.91 Å². The van der Waals surface area contributed by atoms with Crippen molar-refractivity contribution in [1.82, 2.24) is 15.2 Å². The van der Waals surface area contributed by atoms with Crippen LogP contribution < -0.4 is 14.8 Å². The van der Waals surface area contributed by atoms with Crippen molar-refractivity contribution in [3.63, 3.8) is 0 Å². The zero-order valence-electron chi connectivity index (χ0n) is 29.2. The van der Waals surface area contributed by atoms with Gasteiger partial charge >= 0.3 is 5.97 Å². The Morgan fingerprint density at radius 2 is 1.67 bits per heavy atom. The van der Waals surface area contributed by atoms with Crippen molar-refractivity contribution in [2.24, 2.45) is 0 Å². The summed E-state index contributed by atoms with van der Waals surface area (Å²) in [7, 11) is 1.29. The normalized spacial score (nSPS) is 16.7. The van der Waals surface area contributed by atoms with Gasteiger partial charge in [-0.25, -0.2) is 4.79 Å². The third-order valence-electron chi connectivity index (χ3n) is 9.87. The van der Waals surface area contributed by atoms with Gasteiger partial charge in [0.25, 0.3) is 5.91 Å². The average Bonchev–Trinajstić information content (AvgIpc) is 3.17. The number of nitrogens with zero attached hydrogens (tertiary/aromatic N) is 2. The van der Waals surface area contributed by atoms with Crippen LogP contribution in [0, 0.1) is 13.8 Å². The summed E-state index contributed by atoms with van der Waals surface area (Å²) in [6.45, 7) is 4.42. The molecule has 10 heteroatoms. The van der Waals surface area contributed by atoms with Crippen LogP contribution in [0.2, 0.25) is 0 Å². The molecule has 0 fully saturated rings. The third kappa shape index (κ3) is 7.05. The predicted octanol–water partition coefficient (Wildman–Crippen LogP) is 6.05. The molecule has 1 aromatic heterocycles. The first-order valence-electron chi connectivity index (χ1n) is 17.2. The largest absolute Gasteiger partial charge is 0.508 e. The molecule has 7 rings (SSSR count). The van der Waals surface area contributed by atoms with Crippen LogP contribution in [0.1, 0.15) is 50.0 Å². The highest BCUT2D eigenvalue weighted by Crippen LogP contribution is 2.41. The Bertz CT molecular complexity index is 2120. The molecule has 0 saturated heterocycles. The zero-order chi connectivity index (χ0) is 36.4. The van der Waals surface area contributed by atoms with Gasteiger partial charge in [-0.15, -0.1) is 0 Å². The lowest BCUT2D eigenvalue weighted by Gasteiger charge is -2.37. The number of phenols is 1. The van der Waals surface area contributed by atoms with E-state index in [-0.39, 0.29) is 43.8 Å². The molecule has 2 aliphatic rings. The van der Waals surface area contributed by atoms with Crippen LogP contribution in [0.25, 0.3) is 11.1 Å². The van der Waals surface area contributed by atoms with Crippen molar-refractivity contribution in [3.8, 4) is 28.4 Å². The molecule has 3 atom stereocenters. The monoisotopic (exact) mass is 697 g/mol. The fourth-order valence-corrected chi connectivity index (χ4v) is 6.81. The lowest BCUT2D eigenvalue weighted by molar-refractivity contribution is -0.145. The zero-order valence-corrected chi connectivity index (χ0v) is 29.2. The number of esters is 1. The second-order valence-electron chi connectivity index (χ2n) is 13.1. The number of phenolic OH excluding ortho intramolecular Hbond substituents is 1. The summed E-state index contributed by atoms with van der Waals surface area (Å²) < 4.78 is 17.6. The summed E-state index contributed by atoms with van der Waals surface area (Å²) >= 11 is 0. The number of nitrogens with one attached hydrogen (secondary N) is 1. The van der Waals surface area contributed by atoms with Gasteiger partial charge < -0.3 is 29.5 Å². The van der Waals surface area contributed by atoms with Crippen molar-refractivity contribution in [2.45, 2.75) is 51.4 Å². The summed E-state index contributed by atoms with van der Waals surface area (Å²) in [5.41, 5.74) is 7.95. The number of methoxy groups -OCH3 is 1. The van der Waals surface area contributed by atoms with E-state index < -0.39 is 24.0 Å². The van der Waals surface area contributed by atoms with Crippen LogP contribution in [0.15, 0.2) is 103 Å². The number of benzene rings is 4. The molecule has 0 saturated carbocycles. The van der Waals surface area contributed by atoms with Crippen LogP contribution >= 0.6 is 0 Å². The van der Waals surface area contributed by atoms with Gasteiger partial charge in [-0.05, 0) is 95.3 Å². The molecule has 4 aromatic carbocycles. The van der Waals surface area contributed by atoms with E-state index in [1.807, 2.05) is 62.4 Å². The van der Waals surface area contributed by atoms with Crippen molar-refractivity contribution >= 4 is 17.8 Å². The van der Waals surface area contributed by atoms with Gasteiger partial charge in [-0.3, -0.25) is 14.6 Å². The maximum absolute atomic E-state index is 14.2. The number of carbonyl (C=O) groups is 3. The minimum Gasteiger partial charge on any atom is -0.508 e. The highest BCUT2D eigenvalue weighted by Gasteiger charge is 2.38. The highest BCUT2D eigenvalue weighted by atomic mass is 16.6. The summed E-state index contributed by atoms with van der Waals surface area (Å²) in [4.78, 5) is 47.2. The number of aromatic nitrogens is 1. The van der Waals surface area contributed by atoms with Gasteiger partial charge in [0, 0.05) is 36.8 Å². The smallest absolute Gasteiger partial charge is 0.328 e. The first-order valence-corrected chi connectivity index (χ1v) is 17.2. The van der Waals surface area contributed by atoms with E-state index in [0.29, 0.717) is 17.1 Å². The molecule has 10 nitrogen and oxygen atoms in total. The molecule has 264 valence electrons. The van der Waals surface area contributed by atoms with Crippen molar-refractivity contribution in [3.05, 3.63) is 142 Å². The summed E-state index contributed by atoms with van der Waals surface area (Å²) in [6.07, 6.45) is 1.80. The Labute approximate surface area is 302 Å². The van der Waals surface area contributed by atoms with E-state index in [4.69, 9.17) is 14.2 Å². The lowest BCUT2D eigenvalue weighted by Crippen LogP contribution is -2.56. The van der Waals surface area contributed by atoms with E-state index >= 15 is 0 Å². The number of hydrogen-bond donors (Lipinski definition) is 2. The van der Waals surface area contributed by atoms with Gasteiger partial charge in [-0.1, -0.05) is 54.6 Å². The van der Waals surface area contributed by atoms with Gasteiger partial charge in [0.1, 0.15) is 24.4 Å². The molecular weight excluding hydrogens is 658 g/mol. The van der Waals surface area contributed by atoms with E-state index in [1.165, 1.54) is 7.11 Å². The number of aryl methyl sites for hydroxylation is 1. The van der Waals surface area contributed by atoms with E-state index in [2.05, 4.69) is 10.3 Å². The number of rotatable bonds is 8. The summed E-state index contributed by atoms with van der Waals surface area (Å²) in [5.74, 6) is -0.122. The highest BCUT2D eigenvalue weighted by molar-refractivity contribution is 5.98. The Kier molecular flexibility index (Phi) is 9.63. The molecule has 5 aromatic rings. The first-order chi connectivity index (χ1) is 25.2. The average molecular weight is 698 g/mol. The van der Waals surface area contributed by atoms with Crippen LogP contribution in [-0.2, 0) is 33.7 Å². The topological polar surface area (TPSA) is 127 Å². The quantitative estimate of drug-likeness (QED) is 0.188. The van der Waals surface area contributed by atoms with Gasteiger partial charge in [0.15, 0.2) is 17.6 Å². The number of hydrogen-bond acceptors (Lipinski definition) is 8. The van der Waals surface area contributed by atoms with Crippen molar-refractivity contribution in [1.29, 1.82) is 0 Å². The standard InChI is InChI=1S/C42H39N3O7/c1-25-26(2)43-18-17-34(25)28-11-9-27(10-12-28)19-35(42(49)50-3)44-40(47)36-20-31-21-37-38(52-39(24-51-37)29-13-15-33(46)16-14-29)22-32(31)23-45(36)41(48)30-7-5-4-6-8-30/h4-18,21-22,35-36,39,46H,19-20,23-24H2,1-3H3,(H,44,47)/t35-,36-,39+/m0/s1. The third-order valence-corrected chi connectivity index (χ3v) is 9.87. The molecule has 2 aliphatic heterocycles. The van der Waals surface area contributed by atoms with Crippen LogP contribution in [0.5, 0.6) is 17.2 Å². The Balaban J connectivity index is 1.14. The molecular formula is C42H39N3O7. The minimum atomic E-state index is -0.986. The number of amides is 2. The Hall–Kier alpha value is -6.16. The number of fused-ring (bicyclic) bond motifs is 2.